The van der Waals surface area contributed by atoms with Gasteiger partial charge in [0.05, 0.1) is 7.11 Å². The fourth-order valence-corrected chi connectivity index (χ4v) is 1.89. The maximum Gasteiger partial charge on any atom is 0.305 e. The van der Waals surface area contributed by atoms with E-state index >= 15 is 0 Å². The maximum absolute atomic E-state index is 11.0. The van der Waals surface area contributed by atoms with Crippen LogP contribution in [0, 0.1) is 5.92 Å². The standard InChI is InChI=1S/C10H18O2/c1-12-10(11)8-9-6-4-2-3-5-7-9/h9H,2-8H2,1H3. The second-order valence-electron chi connectivity index (χ2n) is 3.64. The molecule has 0 saturated heterocycles. The minimum Gasteiger partial charge on any atom is -0.469 e. The molecular weight excluding hydrogens is 152 g/mol. The van der Waals surface area contributed by atoms with E-state index in [1.165, 1.54) is 45.6 Å². The summed E-state index contributed by atoms with van der Waals surface area (Å²) in [7, 11) is 1.47. The van der Waals surface area contributed by atoms with Crippen molar-refractivity contribution in [3.05, 3.63) is 0 Å². The third kappa shape index (κ3) is 3.24. The van der Waals surface area contributed by atoms with Crippen LogP contribution in [0.1, 0.15) is 44.9 Å². The summed E-state index contributed by atoms with van der Waals surface area (Å²) in [5.74, 6) is 0.557. The molecule has 0 unspecified atom stereocenters. The molecule has 0 atom stereocenters. The number of esters is 1. The molecule has 1 rings (SSSR count). The Bertz CT molecular complexity index is 135. The van der Waals surface area contributed by atoms with Crippen LogP contribution in [0.15, 0.2) is 0 Å². The van der Waals surface area contributed by atoms with E-state index in [0.29, 0.717) is 12.3 Å². The van der Waals surface area contributed by atoms with Gasteiger partial charge in [-0.05, 0) is 18.8 Å². The normalized spacial score (nSPS) is 20.1. The second-order valence-corrected chi connectivity index (χ2v) is 3.64. The third-order valence-corrected chi connectivity index (χ3v) is 2.66. The Hall–Kier alpha value is -0.530. The molecule has 0 radical (unpaired) electrons. The third-order valence-electron chi connectivity index (χ3n) is 2.66. The van der Waals surface area contributed by atoms with Gasteiger partial charge in [-0.3, -0.25) is 4.79 Å². The number of hydrogen-bond acceptors (Lipinski definition) is 2. The van der Waals surface area contributed by atoms with Gasteiger partial charge in [0, 0.05) is 6.42 Å². The monoisotopic (exact) mass is 170 g/mol. The average molecular weight is 170 g/mol. The van der Waals surface area contributed by atoms with Gasteiger partial charge in [0.1, 0.15) is 0 Å². The van der Waals surface area contributed by atoms with Gasteiger partial charge in [-0.25, -0.2) is 0 Å². The number of methoxy groups -OCH3 is 1. The summed E-state index contributed by atoms with van der Waals surface area (Å²) in [6.45, 7) is 0. The molecule has 0 aromatic rings. The van der Waals surface area contributed by atoms with Crippen molar-refractivity contribution >= 4 is 5.97 Å². The molecule has 70 valence electrons. The highest BCUT2D eigenvalue weighted by Crippen LogP contribution is 2.25. The summed E-state index contributed by atoms with van der Waals surface area (Å²) in [6, 6.07) is 0. The zero-order valence-electron chi connectivity index (χ0n) is 7.84. The molecule has 2 heteroatoms. The number of ether oxygens (including phenoxy) is 1. The summed E-state index contributed by atoms with van der Waals surface area (Å²) >= 11 is 0. The van der Waals surface area contributed by atoms with Crippen molar-refractivity contribution in [3.8, 4) is 0 Å². The lowest BCUT2D eigenvalue weighted by molar-refractivity contribution is -0.141. The Morgan fingerprint density at radius 3 is 2.33 bits per heavy atom. The minimum absolute atomic E-state index is 0.0399. The molecule has 2 nitrogen and oxygen atoms in total. The highest BCUT2D eigenvalue weighted by atomic mass is 16.5. The first kappa shape index (κ1) is 9.56. The first-order valence-corrected chi connectivity index (χ1v) is 4.89. The van der Waals surface area contributed by atoms with Crippen molar-refractivity contribution in [1.29, 1.82) is 0 Å². The lowest BCUT2D eigenvalue weighted by Crippen LogP contribution is -2.09. The topological polar surface area (TPSA) is 26.3 Å². The predicted molar refractivity (Wildman–Crippen MR) is 47.8 cm³/mol. The molecule has 0 N–H and O–H groups in total. The van der Waals surface area contributed by atoms with Gasteiger partial charge >= 0.3 is 5.97 Å². The van der Waals surface area contributed by atoms with E-state index in [-0.39, 0.29) is 5.97 Å². The fourth-order valence-electron chi connectivity index (χ4n) is 1.89. The molecule has 0 bridgehead atoms. The van der Waals surface area contributed by atoms with Gasteiger partial charge in [-0.2, -0.15) is 0 Å². The van der Waals surface area contributed by atoms with Crippen molar-refractivity contribution in [1.82, 2.24) is 0 Å². The quantitative estimate of drug-likeness (QED) is 0.470. The van der Waals surface area contributed by atoms with E-state index in [9.17, 15) is 4.79 Å². The van der Waals surface area contributed by atoms with Crippen molar-refractivity contribution < 1.29 is 9.53 Å². The molecule has 0 heterocycles. The van der Waals surface area contributed by atoms with Gasteiger partial charge in [-0.1, -0.05) is 25.7 Å². The van der Waals surface area contributed by atoms with Crippen LogP contribution in [0.5, 0.6) is 0 Å². The van der Waals surface area contributed by atoms with Crippen LogP contribution in [0.4, 0.5) is 0 Å². The smallest absolute Gasteiger partial charge is 0.305 e. The molecular formula is C10H18O2. The molecule has 0 aromatic carbocycles. The lowest BCUT2D eigenvalue weighted by atomic mass is 9.97. The molecule has 0 aromatic heterocycles. The Morgan fingerprint density at radius 2 is 1.83 bits per heavy atom. The zero-order valence-corrected chi connectivity index (χ0v) is 7.84. The Kier molecular flexibility index (Phi) is 4.12. The first-order valence-electron chi connectivity index (χ1n) is 4.89. The molecule has 1 aliphatic carbocycles. The van der Waals surface area contributed by atoms with Gasteiger partial charge < -0.3 is 4.74 Å². The summed E-state index contributed by atoms with van der Waals surface area (Å²) in [5.41, 5.74) is 0. The van der Waals surface area contributed by atoms with Crippen molar-refractivity contribution in [3.63, 3.8) is 0 Å². The van der Waals surface area contributed by atoms with E-state index in [1.807, 2.05) is 0 Å². The van der Waals surface area contributed by atoms with Crippen LogP contribution in [0.25, 0.3) is 0 Å². The lowest BCUT2D eigenvalue weighted by Gasteiger charge is -2.11. The van der Waals surface area contributed by atoms with Gasteiger partial charge in [-0.15, -0.1) is 0 Å². The number of carbonyl (C=O) groups excluding carboxylic acids is 1. The summed E-state index contributed by atoms with van der Waals surface area (Å²) in [4.78, 5) is 11.0. The maximum atomic E-state index is 11.0. The molecule has 0 spiro atoms. The Balaban J connectivity index is 2.24. The Morgan fingerprint density at radius 1 is 1.25 bits per heavy atom. The molecule has 12 heavy (non-hydrogen) atoms. The van der Waals surface area contributed by atoms with E-state index in [0.717, 1.165) is 0 Å². The summed E-state index contributed by atoms with van der Waals surface area (Å²) in [6.07, 6.45) is 8.35. The molecule has 0 amide bonds. The van der Waals surface area contributed by atoms with E-state index in [4.69, 9.17) is 0 Å². The van der Waals surface area contributed by atoms with Gasteiger partial charge in [0.15, 0.2) is 0 Å². The summed E-state index contributed by atoms with van der Waals surface area (Å²) < 4.78 is 4.65. The number of hydrogen-bond donors (Lipinski definition) is 0. The van der Waals surface area contributed by atoms with Crippen LogP contribution in [0.3, 0.4) is 0 Å². The molecule has 1 saturated carbocycles. The van der Waals surface area contributed by atoms with Crippen LogP contribution in [0.2, 0.25) is 0 Å². The highest BCUT2D eigenvalue weighted by Gasteiger charge is 2.15. The van der Waals surface area contributed by atoms with E-state index in [2.05, 4.69) is 4.74 Å². The highest BCUT2D eigenvalue weighted by molar-refractivity contribution is 5.69. The average Bonchev–Trinajstić information content (AvgIpc) is 2.33. The molecule has 1 fully saturated rings. The van der Waals surface area contributed by atoms with Crippen LogP contribution in [-0.2, 0) is 9.53 Å². The first-order chi connectivity index (χ1) is 5.83. The van der Waals surface area contributed by atoms with Crippen molar-refractivity contribution in [2.45, 2.75) is 44.9 Å². The molecule has 0 aliphatic heterocycles. The fraction of sp³-hybridized carbons (Fsp3) is 0.900. The predicted octanol–water partition coefficient (Wildman–Crippen LogP) is 2.52. The van der Waals surface area contributed by atoms with Crippen molar-refractivity contribution in [2.75, 3.05) is 7.11 Å². The van der Waals surface area contributed by atoms with Gasteiger partial charge in [0.25, 0.3) is 0 Å². The molecule has 1 aliphatic rings. The van der Waals surface area contributed by atoms with Crippen LogP contribution >= 0.6 is 0 Å². The number of rotatable bonds is 2. The minimum atomic E-state index is -0.0399. The zero-order chi connectivity index (χ0) is 8.81. The Labute approximate surface area is 74.3 Å². The van der Waals surface area contributed by atoms with Gasteiger partial charge in [0.2, 0.25) is 0 Å². The van der Waals surface area contributed by atoms with Crippen molar-refractivity contribution in [2.24, 2.45) is 5.92 Å². The SMILES string of the molecule is COC(=O)CC1CCCCCC1. The second kappa shape index (κ2) is 5.18. The largest absolute Gasteiger partial charge is 0.469 e. The van der Waals surface area contributed by atoms with Crippen LogP contribution < -0.4 is 0 Å². The summed E-state index contributed by atoms with van der Waals surface area (Å²) in [5, 5.41) is 0. The van der Waals surface area contributed by atoms with E-state index in [1.54, 1.807) is 0 Å². The van der Waals surface area contributed by atoms with Crippen LogP contribution in [-0.4, -0.2) is 13.1 Å². The number of carbonyl (C=O) groups is 1. The van der Waals surface area contributed by atoms with E-state index < -0.39 is 0 Å².